The first-order chi connectivity index (χ1) is 19.1. The Kier molecular flexibility index (Phi) is 7.84. The number of carboxylic acid groups (broad SMARTS) is 1. The summed E-state index contributed by atoms with van der Waals surface area (Å²) in [6.07, 6.45) is -1.99. The van der Waals surface area contributed by atoms with Gasteiger partial charge in [-0.05, 0) is 31.0 Å². The van der Waals surface area contributed by atoms with E-state index in [0.717, 1.165) is 29.8 Å². The summed E-state index contributed by atoms with van der Waals surface area (Å²) in [6, 6.07) is 2.72. The van der Waals surface area contributed by atoms with Gasteiger partial charge in [-0.3, -0.25) is 19.1 Å². The number of anilines is 1. The highest BCUT2D eigenvalue weighted by Crippen LogP contribution is 2.53. The molecule has 11 nitrogen and oxygen atoms in total. The monoisotopic (exact) mass is 603 g/mol. The fourth-order valence-corrected chi connectivity index (χ4v) is 4.22. The lowest BCUT2D eigenvalue weighted by molar-refractivity contribution is -0.141. The van der Waals surface area contributed by atoms with Gasteiger partial charge in [-0.15, -0.1) is 0 Å². The number of carbonyl (C=O) groups is 3. The van der Waals surface area contributed by atoms with E-state index in [9.17, 15) is 31.5 Å². The number of aromatic nitrogens is 4. The Balaban J connectivity index is 0.00000124. The van der Waals surface area contributed by atoms with Crippen molar-refractivity contribution in [3.8, 4) is 11.3 Å². The fraction of sp³-hybridized carbons (Fsp3) is 0.375. The van der Waals surface area contributed by atoms with E-state index in [4.69, 9.17) is 27.2 Å². The zero-order chi connectivity index (χ0) is 30.3. The second-order valence-electron chi connectivity index (χ2n) is 9.68. The van der Waals surface area contributed by atoms with Crippen LogP contribution < -0.4 is 16.4 Å². The van der Waals surface area contributed by atoms with Gasteiger partial charge < -0.3 is 26.0 Å². The molecule has 0 bridgehead atoms. The number of rotatable bonds is 7. The average Bonchev–Trinajstić information content (AvgIpc) is 3.61. The van der Waals surface area contributed by atoms with Crippen LogP contribution in [0, 0.1) is 0 Å². The van der Waals surface area contributed by atoms with Gasteiger partial charge in [0.1, 0.15) is 6.04 Å². The van der Waals surface area contributed by atoms with Crippen LogP contribution in [0.4, 0.5) is 27.6 Å². The van der Waals surface area contributed by atoms with Gasteiger partial charge in [0.05, 0.1) is 28.0 Å². The van der Waals surface area contributed by atoms with Crippen molar-refractivity contribution >= 4 is 35.6 Å². The van der Waals surface area contributed by atoms with E-state index in [0.29, 0.717) is 11.2 Å². The van der Waals surface area contributed by atoms with Crippen molar-refractivity contribution in [2.45, 2.75) is 42.9 Å². The number of amides is 2. The molecule has 220 valence electrons. The highest BCUT2D eigenvalue weighted by Gasteiger charge is 2.59. The summed E-state index contributed by atoms with van der Waals surface area (Å²) < 4.78 is 69.5. The fourth-order valence-electron chi connectivity index (χ4n) is 3.96. The van der Waals surface area contributed by atoms with Crippen molar-refractivity contribution in [2.24, 2.45) is 12.8 Å². The van der Waals surface area contributed by atoms with Crippen LogP contribution in [0.2, 0.25) is 5.02 Å². The summed E-state index contributed by atoms with van der Waals surface area (Å²) in [4.78, 5) is 37.5. The van der Waals surface area contributed by atoms with Crippen LogP contribution in [0.1, 0.15) is 52.0 Å². The van der Waals surface area contributed by atoms with Crippen molar-refractivity contribution in [2.75, 3.05) is 11.9 Å². The minimum absolute atomic E-state index is 0.0572. The zero-order valence-corrected chi connectivity index (χ0v) is 21.9. The second kappa shape index (κ2) is 10.7. The van der Waals surface area contributed by atoms with E-state index in [-0.39, 0.29) is 39.8 Å². The van der Waals surface area contributed by atoms with Crippen molar-refractivity contribution in [1.29, 1.82) is 0 Å². The van der Waals surface area contributed by atoms with Crippen LogP contribution in [0.15, 0.2) is 30.6 Å². The topological polar surface area (TPSA) is 157 Å². The Labute approximate surface area is 233 Å². The summed E-state index contributed by atoms with van der Waals surface area (Å²) in [5.41, 5.74) is 3.96. The lowest BCUT2D eigenvalue weighted by Gasteiger charge is -2.12. The van der Waals surface area contributed by atoms with Crippen LogP contribution in [0.3, 0.4) is 0 Å². The molecule has 2 amide bonds. The Morgan fingerprint density at radius 1 is 1.27 bits per heavy atom. The van der Waals surface area contributed by atoms with Gasteiger partial charge in [-0.1, -0.05) is 11.6 Å². The van der Waals surface area contributed by atoms with Gasteiger partial charge in [-0.2, -0.15) is 18.3 Å². The maximum absolute atomic E-state index is 13.6. The number of nitrogens with one attached hydrogen (secondary N) is 2. The Morgan fingerprint density at radius 3 is 2.44 bits per heavy atom. The molecule has 1 aromatic carbocycles. The van der Waals surface area contributed by atoms with Gasteiger partial charge >= 0.3 is 6.18 Å². The van der Waals surface area contributed by atoms with Crippen molar-refractivity contribution in [3.05, 3.63) is 52.7 Å². The maximum atomic E-state index is 13.6. The number of halogens is 6. The van der Waals surface area contributed by atoms with Crippen LogP contribution in [-0.4, -0.2) is 60.7 Å². The number of alkyl halides is 5. The molecule has 2 saturated carbocycles. The number of nitrogens with two attached hydrogens (primary N) is 1. The normalized spacial score (nSPS) is 18.1. The van der Waals surface area contributed by atoms with Gasteiger partial charge in [0.15, 0.2) is 11.5 Å². The van der Waals surface area contributed by atoms with Gasteiger partial charge in [0.2, 0.25) is 0 Å². The minimum Gasteiger partial charge on any atom is -0.483 e. The predicted octanol–water partition coefficient (Wildman–Crippen LogP) is 3.71. The second-order valence-corrected chi connectivity index (χ2v) is 10.1. The molecule has 0 radical (unpaired) electrons. The van der Waals surface area contributed by atoms with Crippen LogP contribution in [-0.2, 0) is 18.0 Å². The van der Waals surface area contributed by atoms with Gasteiger partial charge in [0, 0.05) is 37.4 Å². The predicted molar refractivity (Wildman–Crippen MR) is 135 cm³/mol. The quantitative estimate of drug-likeness (QED) is 0.237. The molecule has 2 aromatic heterocycles. The van der Waals surface area contributed by atoms with Crippen LogP contribution >= 0.6 is 11.6 Å². The molecule has 1 unspecified atom stereocenters. The summed E-state index contributed by atoms with van der Waals surface area (Å²) in [5.74, 6) is -4.60. The third-order valence-corrected chi connectivity index (χ3v) is 6.86. The number of benzene rings is 1. The summed E-state index contributed by atoms with van der Waals surface area (Å²) in [5, 5.41) is 15.5. The Hall–Kier alpha value is -4.05. The largest absolute Gasteiger partial charge is 0.483 e. The van der Waals surface area contributed by atoms with E-state index in [2.05, 4.69) is 20.7 Å². The SMILES string of the molecule is Cn1c(-c2cn(C3CC3(F)F)nc2C(F)(F)F)cnc1C(=O)Nc1ccc(C(=O)NCC2(N)CC2)c(Cl)c1.O=CO. The standard InChI is InChI=1S/C23H21ClF5N7O2.CH2O2/c1-35-15(13-9-36(16-7-22(16,25)26)34-17(13)23(27,28)29)8-31-18(35)20(38)33-11-2-3-12(14(24)6-11)19(37)32-10-21(30)4-5-21;2-1-3/h2-3,6,8-9,16H,4-5,7,10,30H2,1H3,(H,32,37)(H,33,38);1H,(H,2,3). The van der Waals surface area contributed by atoms with Crippen LogP contribution in [0.25, 0.3) is 11.3 Å². The summed E-state index contributed by atoms with van der Waals surface area (Å²) in [7, 11) is 1.31. The van der Waals surface area contributed by atoms with E-state index in [1.807, 2.05) is 0 Å². The van der Waals surface area contributed by atoms with E-state index in [1.165, 1.54) is 25.2 Å². The molecule has 2 heterocycles. The lowest BCUT2D eigenvalue weighted by Crippen LogP contribution is -2.39. The highest BCUT2D eigenvalue weighted by atomic mass is 35.5. The summed E-state index contributed by atoms with van der Waals surface area (Å²) >= 11 is 6.21. The number of nitrogens with zero attached hydrogens (tertiary/aromatic N) is 4. The molecule has 1 atom stereocenters. The molecular weight excluding hydrogens is 581 g/mol. The molecule has 2 aliphatic carbocycles. The molecule has 17 heteroatoms. The molecule has 0 aliphatic heterocycles. The van der Waals surface area contributed by atoms with Crippen molar-refractivity contribution in [3.63, 3.8) is 0 Å². The number of hydrogen-bond donors (Lipinski definition) is 4. The molecular formula is C24H23ClF5N7O4. The number of carbonyl (C=O) groups excluding carboxylic acids is 2. The number of imidazole rings is 1. The van der Waals surface area contributed by atoms with E-state index < -0.39 is 47.6 Å². The van der Waals surface area contributed by atoms with Gasteiger partial charge in [0.25, 0.3) is 24.2 Å². The minimum atomic E-state index is -4.92. The maximum Gasteiger partial charge on any atom is 0.435 e. The summed E-state index contributed by atoms with van der Waals surface area (Å²) in [6.45, 7) is 0.0557. The Bertz CT molecular complexity index is 1500. The zero-order valence-electron chi connectivity index (χ0n) is 21.2. The molecule has 5 N–H and O–H groups in total. The molecule has 2 aliphatic rings. The third kappa shape index (κ3) is 6.48. The van der Waals surface area contributed by atoms with Crippen molar-refractivity contribution < 1.29 is 41.4 Å². The molecule has 2 fully saturated rings. The number of hydrogen-bond acceptors (Lipinski definition) is 6. The molecule has 3 aromatic rings. The average molecular weight is 604 g/mol. The molecule has 0 saturated heterocycles. The lowest BCUT2D eigenvalue weighted by atomic mass is 10.1. The molecule has 0 spiro atoms. The first-order valence-electron chi connectivity index (χ1n) is 11.9. The van der Waals surface area contributed by atoms with E-state index in [1.54, 1.807) is 0 Å². The highest BCUT2D eigenvalue weighted by molar-refractivity contribution is 6.34. The van der Waals surface area contributed by atoms with Crippen LogP contribution in [0.5, 0.6) is 0 Å². The molecule has 41 heavy (non-hydrogen) atoms. The molecule has 5 rings (SSSR count). The first kappa shape index (κ1) is 29.9. The smallest absolute Gasteiger partial charge is 0.435 e. The first-order valence-corrected chi connectivity index (χ1v) is 12.3. The third-order valence-electron chi connectivity index (χ3n) is 6.54. The van der Waals surface area contributed by atoms with E-state index >= 15 is 0 Å². The van der Waals surface area contributed by atoms with Gasteiger partial charge in [-0.25, -0.2) is 13.8 Å². The van der Waals surface area contributed by atoms with Crippen molar-refractivity contribution in [1.82, 2.24) is 24.6 Å². The Morgan fingerprint density at radius 2 is 1.90 bits per heavy atom.